The molecule has 2 heterocycles. The topological polar surface area (TPSA) is 82.4 Å². The van der Waals surface area contributed by atoms with Crippen molar-refractivity contribution in [3.63, 3.8) is 0 Å². The number of ether oxygens (including phenoxy) is 1. The first-order valence-corrected chi connectivity index (χ1v) is 11.4. The number of carbonyl (C=O) groups is 2. The highest BCUT2D eigenvalue weighted by Crippen LogP contribution is 2.38. The van der Waals surface area contributed by atoms with Crippen LogP contribution >= 0.6 is 23.4 Å². The van der Waals surface area contributed by atoms with Crippen molar-refractivity contribution in [1.29, 1.82) is 5.26 Å². The van der Waals surface area contributed by atoms with Crippen molar-refractivity contribution >= 4 is 35.2 Å². The van der Waals surface area contributed by atoms with Crippen LogP contribution in [0.5, 0.6) is 5.75 Å². The van der Waals surface area contributed by atoms with E-state index in [9.17, 15) is 14.9 Å². The molecule has 2 aliphatic heterocycles. The van der Waals surface area contributed by atoms with Crippen LogP contribution in [0, 0.1) is 11.3 Å². The van der Waals surface area contributed by atoms with Gasteiger partial charge in [-0.1, -0.05) is 29.4 Å². The molecule has 3 rings (SSSR count). The number of methoxy groups -OCH3 is 1. The van der Waals surface area contributed by atoms with Gasteiger partial charge >= 0.3 is 0 Å². The quantitative estimate of drug-likeness (QED) is 0.731. The molecule has 0 saturated carbocycles. The van der Waals surface area contributed by atoms with E-state index in [0.29, 0.717) is 21.4 Å². The molecular formula is C22H26ClN3O3S. The average molecular weight is 448 g/mol. The highest BCUT2D eigenvalue weighted by atomic mass is 35.5. The smallest absolute Gasteiger partial charge is 0.233 e. The monoisotopic (exact) mass is 447 g/mol. The van der Waals surface area contributed by atoms with Crippen molar-refractivity contribution in [1.82, 2.24) is 10.2 Å². The second-order valence-corrected chi connectivity index (χ2v) is 9.16. The van der Waals surface area contributed by atoms with Crippen LogP contribution in [-0.4, -0.2) is 41.7 Å². The van der Waals surface area contributed by atoms with Crippen LogP contribution in [0.1, 0.15) is 51.0 Å². The highest BCUT2D eigenvalue weighted by molar-refractivity contribution is 8.03. The van der Waals surface area contributed by atoms with Crippen molar-refractivity contribution in [2.24, 2.45) is 0 Å². The first-order chi connectivity index (χ1) is 14.3. The summed E-state index contributed by atoms with van der Waals surface area (Å²) in [5.74, 6) is 0.172. The van der Waals surface area contributed by atoms with Crippen molar-refractivity contribution in [3.05, 3.63) is 39.4 Å². The van der Waals surface area contributed by atoms with E-state index < -0.39 is 5.92 Å². The average Bonchev–Trinajstić information content (AvgIpc) is 2.71. The number of allylic oxidation sites excluding steroid dienone is 1. The Kier molecular flexibility index (Phi) is 7.32. The van der Waals surface area contributed by atoms with E-state index in [1.54, 1.807) is 12.1 Å². The van der Waals surface area contributed by atoms with Crippen molar-refractivity contribution in [3.8, 4) is 11.8 Å². The normalized spacial score (nSPS) is 24.3. The fourth-order valence-electron chi connectivity index (χ4n) is 4.24. The molecule has 1 saturated heterocycles. The minimum absolute atomic E-state index is 0.0355. The van der Waals surface area contributed by atoms with E-state index in [-0.39, 0.29) is 36.1 Å². The predicted molar refractivity (Wildman–Crippen MR) is 118 cm³/mol. The molecule has 8 heteroatoms. The number of nitrogens with zero attached hydrogens (tertiary/aromatic N) is 2. The molecule has 1 fully saturated rings. The van der Waals surface area contributed by atoms with Gasteiger partial charge in [0.15, 0.2) is 0 Å². The number of hydrogen-bond donors (Lipinski definition) is 1. The minimum atomic E-state index is -0.405. The summed E-state index contributed by atoms with van der Waals surface area (Å²) in [5, 5.41) is 13.5. The van der Waals surface area contributed by atoms with E-state index in [4.69, 9.17) is 16.3 Å². The Morgan fingerprint density at radius 1 is 1.37 bits per heavy atom. The van der Waals surface area contributed by atoms with Crippen LogP contribution in [-0.2, 0) is 9.59 Å². The summed E-state index contributed by atoms with van der Waals surface area (Å²) in [6.07, 6.45) is 3.29. The molecule has 1 N–H and O–H groups in total. The molecule has 0 bridgehead atoms. The van der Waals surface area contributed by atoms with Crippen molar-refractivity contribution < 1.29 is 14.3 Å². The first-order valence-electron chi connectivity index (χ1n) is 10.1. The van der Waals surface area contributed by atoms with E-state index >= 15 is 0 Å². The van der Waals surface area contributed by atoms with Gasteiger partial charge in [-0.15, -0.1) is 0 Å². The number of benzene rings is 1. The van der Waals surface area contributed by atoms with Gasteiger partial charge in [-0.3, -0.25) is 9.59 Å². The van der Waals surface area contributed by atoms with Gasteiger partial charge in [-0.05, 0) is 50.8 Å². The van der Waals surface area contributed by atoms with Gasteiger partial charge in [0.25, 0.3) is 0 Å². The Bertz CT molecular complexity index is 901. The number of likely N-dealkylation sites (tertiary alicyclic amines) is 1. The minimum Gasteiger partial charge on any atom is -0.495 e. The zero-order valence-electron chi connectivity index (χ0n) is 17.4. The molecule has 0 aromatic heterocycles. The van der Waals surface area contributed by atoms with Crippen LogP contribution in [0.2, 0.25) is 5.02 Å². The molecule has 2 amide bonds. The Morgan fingerprint density at radius 3 is 2.67 bits per heavy atom. The number of thioether (sulfide) groups is 1. The fourth-order valence-corrected chi connectivity index (χ4v) is 5.45. The summed E-state index contributed by atoms with van der Waals surface area (Å²) >= 11 is 7.47. The zero-order valence-corrected chi connectivity index (χ0v) is 19.0. The van der Waals surface area contributed by atoms with Gasteiger partial charge in [0.2, 0.25) is 11.8 Å². The summed E-state index contributed by atoms with van der Waals surface area (Å²) in [5.41, 5.74) is 1.23. The first kappa shape index (κ1) is 22.5. The predicted octanol–water partition coefficient (Wildman–Crippen LogP) is 4.21. The molecule has 0 aliphatic carbocycles. The van der Waals surface area contributed by atoms with Crippen molar-refractivity contribution in [2.75, 3.05) is 12.9 Å². The van der Waals surface area contributed by atoms with Crippen LogP contribution in [0.4, 0.5) is 0 Å². The third kappa shape index (κ3) is 4.76. The maximum Gasteiger partial charge on any atom is 0.233 e. The van der Waals surface area contributed by atoms with E-state index in [1.807, 2.05) is 11.0 Å². The lowest BCUT2D eigenvalue weighted by molar-refractivity contribution is -0.134. The maximum absolute atomic E-state index is 12.9. The lowest BCUT2D eigenvalue weighted by atomic mass is 9.87. The maximum atomic E-state index is 12.9. The molecule has 0 spiro atoms. The molecule has 3 atom stereocenters. The SMILES string of the molecule is COc1ccc([C@@H]2CC(=O)NC(SCC(=O)N3[C@H](C)CCC[C@@H]3C)=C2C#N)cc1Cl. The van der Waals surface area contributed by atoms with Gasteiger partial charge < -0.3 is 15.0 Å². The summed E-state index contributed by atoms with van der Waals surface area (Å²) in [7, 11) is 1.53. The molecule has 6 nitrogen and oxygen atoms in total. The van der Waals surface area contributed by atoms with Crippen molar-refractivity contribution in [2.45, 2.75) is 57.5 Å². The largest absolute Gasteiger partial charge is 0.495 e. The third-order valence-electron chi connectivity index (χ3n) is 5.76. The molecule has 1 aromatic rings. The molecule has 1 aromatic carbocycles. The second kappa shape index (κ2) is 9.76. The summed E-state index contributed by atoms with van der Waals surface area (Å²) < 4.78 is 5.19. The Balaban J connectivity index is 1.81. The number of amides is 2. The lowest BCUT2D eigenvalue weighted by Gasteiger charge is -2.39. The van der Waals surface area contributed by atoms with Crippen LogP contribution in [0.25, 0.3) is 0 Å². The number of halogens is 1. The van der Waals surface area contributed by atoms with E-state index in [2.05, 4.69) is 25.2 Å². The van der Waals surface area contributed by atoms with E-state index in [1.165, 1.54) is 18.9 Å². The summed E-state index contributed by atoms with van der Waals surface area (Å²) in [6, 6.07) is 7.93. The lowest BCUT2D eigenvalue weighted by Crippen LogP contribution is -2.48. The Hall–Kier alpha value is -2.17. The van der Waals surface area contributed by atoms with Crippen LogP contribution in [0.3, 0.4) is 0 Å². The molecule has 0 unspecified atom stereocenters. The van der Waals surface area contributed by atoms with Crippen LogP contribution in [0.15, 0.2) is 28.8 Å². The molecular weight excluding hydrogens is 422 g/mol. The van der Waals surface area contributed by atoms with Gasteiger partial charge in [0.1, 0.15) is 5.75 Å². The second-order valence-electron chi connectivity index (χ2n) is 7.77. The summed E-state index contributed by atoms with van der Waals surface area (Å²) in [4.78, 5) is 27.2. The molecule has 0 radical (unpaired) electrons. The number of rotatable bonds is 5. The van der Waals surface area contributed by atoms with Crippen LogP contribution < -0.4 is 10.1 Å². The number of nitrogens with one attached hydrogen (secondary N) is 1. The fraction of sp³-hybridized carbons (Fsp3) is 0.500. The molecule has 30 heavy (non-hydrogen) atoms. The number of nitriles is 1. The van der Waals surface area contributed by atoms with Gasteiger partial charge in [0.05, 0.1) is 34.6 Å². The van der Waals surface area contributed by atoms with Gasteiger partial charge in [0, 0.05) is 24.4 Å². The molecule has 160 valence electrons. The molecule has 2 aliphatic rings. The standard InChI is InChI=1S/C22H26ClN3O3S/c1-13-5-4-6-14(2)26(13)21(28)12-30-22-17(11-24)16(10-20(27)25-22)15-7-8-19(29-3)18(23)9-15/h7-9,13-14,16H,4-6,10,12H2,1-3H3,(H,25,27)/t13-,14+,16-/m0/s1. The number of hydrogen-bond acceptors (Lipinski definition) is 5. The number of carbonyl (C=O) groups excluding carboxylic acids is 2. The highest BCUT2D eigenvalue weighted by Gasteiger charge is 2.32. The zero-order chi connectivity index (χ0) is 21.8. The van der Waals surface area contributed by atoms with E-state index in [0.717, 1.165) is 24.8 Å². The van der Waals surface area contributed by atoms with Gasteiger partial charge in [-0.25, -0.2) is 0 Å². The Morgan fingerprint density at radius 2 is 2.07 bits per heavy atom. The summed E-state index contributed by atoms with van der Waals surface area (Å²) in [6.45, 7) is 4.15. The third-order valence-corrected chi connectivity index (χ3v) is 7.05. The Labute approximate surface area is 186 Å². The number of piperidine rings is 1. The van der Waals surface area contributed by atoms with Gasteiger partial charge in [-0.2, -0.15) is 5.26 Å².